The van der Waals surface area contributed by atoms with E-state index in [0.29, 0.717) is 0 Å². The van der Waals surface area contributed by atoms with E-state index >= 15 is 0 Å². The molecule has 2 heterocycles. The molecule has 3 heteroatoms. The summed E-state index contributed by atoms with van der Waals surface area (Å²) in [6.45, 7) is 0. The van der Waals surface area contributed by atoms with Crippen LogP contribution in [0.1, 0.15) is 0 Å². The van der Waals surface area contributed by atoms with E-state index in [0.717, 1.165) is 27.9 Å². The molecule has 0 atom stereocenters. The van der Waals surface area contributed by atoms with Gasteiger partial charge in [-0.05, 0) is 23.6 Å². The SMILES string of the molecule is Cn1c(-c2nccc3ccccc23)nc2ccccc21. The first-order chi connectivity index (χ1) is 9.84. The van der Waals surface area contributed by atoms with E-state index < -0.39 is 0 Å². The Labute approximate surface area is 116 Å². The zero-order valence-electron chi connectivity index (χ0n) is 11.1. The molecule has 2 aromatic heterocycles. The lowest BCUT2D eigenvalue weighted by Gasteiger charge is -2.05. The Balaban J connectivity index is 2.09. The van der Waals surface area contributed by atoms with Gasteiger partial charge in [0, 0.05) is 18.6 Å². The molecule has 3 nitrogen and oxygen atoms in total. The summed E-state index contributed by atoms with van der Waals surface area (Å²) < 4.78 is 2.10. The van der Waals surface area contributed by atoms with Gasteiger partial charge in [0.2, 0.25) is 0 Å². The molecule has 0 bridgehead atoms. The van der Waals surface area contributed by atoms with Crippen LogP contribution < -0.4 is 0 Å². The Bertz CT molecular complexity index is 916. The van der Waals surface area contributed by atoms with Gasteiger partial charge in [0.1, 0.15) is 5.69 Å². The van der Waals surface area contributed by atoms with Gasteiger partial charge in [-0.25, -0.2) is 4.98 Å². The number of pyridine rings is 1. The fourth-order valence-corrected chi connectivity index (χ4v) is 2.66. The standard InChI is InChI=1S/C17H13N3/c1-20-15-9-5-4-8-14(15)19-17(20)16-13-7-3-2-6-12(13)10-11-18-16/h2-11H,1H3. The number of nitrogens with zero attached hydrogens (tertiary/aromatic N) is 3. The third-order valence-electron chi connectivity index (χ3n) is 3.67. The minimum atomic E-state index is 0.906. The molecular weight excluding hydrogens is 246 g/mol. The lowest BCUT2D eigenvalue weighted by atomic mass is 10.1. The van der Waals surface area contributed by atoms with Gasteiger partial charge in [0.05, 0.1) is 11.0 Å². The molecular formula is C17H13N3. The molecule has 0 fully saturated rings. The summed E-state index contributed by atoms with van der Waals surface area (Å²) in [5.41, 5.74) is 3.05. The summed E-state index contributed by atoms with van der Waals surface area (Å²) in [6, 6.07) is 18.5. The van der Waals surface area contributed by atoms with E-state index in [2.05, 4.69) is 27.8 Å². The maximum atomic E-state index is 4.73. The van der Waals surface area contributed by atoms with Crippen LogP contribution >= 0.6 is 0 Å². The summed E-state index contributed by atoms with van der Waals surface area (Å²) in [4.78, 5) is 9.28. The Morgan fingerprint density at radius 1 is 0.900 bits per heavy atom. The number of aromatic nitrogens is 3. The zero-order chi connectivity index (χ0) is 13.5. The fraction of sp³-hybridized carbons (Fsp3) is 0.0588. The third-order valence-corrected chi connectivity index (χ3v) is 3.67. The van der Waals surface area contributed by atoms with Crippen molar-refractivity contribution in [3.05, 3.63) is 60.8 Å². The van der Waals surface area contributed by atoms with Crippen LogP contribution in [-0.4, -0.2) is 14.5 Å². The van der Waals surface area contributed by atoms with Crippen molar-refractivity contribution in [1.29, 1.82) is 0 Å². The second-order valence-electron chi connectivity index (χ2n) is 4.86. The number of benzene rings is 2. The van der Waals surface area contributed by atoms with Crippen molar-refractivity contribution < 1.29 is 0 Å². The number of fused-ring (bicyclic) bond motifs is 2. The summed E-state index contributed by atoms with van der Waals surface area (Å²) in [6.07, 6.45) is 1.84. The molecule has 0 aliphatic carbocycles. The molecule has 0 amide bonds. The second-order valence-corrected chi connectivity index (χ2v) is 4.86. The molecule has 0 aliphatic heterocycles. The predicted molar refractivity (Wildman–Crippen MR) is 81.5 cm³/mol. The number of hydrogen-bond donors (Lipinski definition) is 0. The lowest BCUT2D eigenvalue weighted by Crippen LogP contribution is -1.95. The Kier molecular flexibility index (Phi) is 2.33. The van der Waals surface area contributed by atoms with E-state index in [1.165, 1.54) is 5.39 Å². The smallest absolute Gasteiger partial charge is 0.160 e. The quantitative estimate of drug-likeness (QED) is 0.520. The van der Waals surface area contributed by atoms with Gasteiger partial charge in [0.15, 0.2) is 5.82 Å². The van der Waals surface area contributed by atoms with Crippen LogP contribution in [0.15, 0.2) is 60.8 Å². The molecule has 0 saturated heterocycles. The molecule has 0 radical (unpaired) electrons. The van der Waals surface area contributed by atoms with E-state index in [9.17, 15) is 0 Å². The van der Waals surface area contributed by atoms with Crippen LogP contribution in [-0.2, 0) is 7.05 Å². The van der Waals surface area contributed by atoms with Crippen LogP contribution in [0.25, 0.3) is 33.3 Å². The minimum absolute atomic E-state index is 0.906. The molecule has 2 aromatic carbocycles. The maximum Gasteiger partial charge on any atom is 0.160 e. The van der Waals surface area contributed by atoms with Gasteiger partial charge in [-0.15, -0.1) is 0 Å². The molecule has 4 rings (SSSR count). The highest BCUT2D eigenvalue weighted by Crippen LogP contribution is 2.27. The molecule has 0 unspecified atom stereocenters. The maximum absolute atomic E-state index is 4.73. The predicted octanol–water partition coefficient (Wildman–Crippen LogP) is 3.79. The normalized spacial score (nSPS) is 11.2. The van der Waals surface area contributed by atoms with Gasteiger partial charge in [-0.3, -0.25) is 4.98 Å². The third kappa shape index (κ3) is 1.53. The number of rotatable bonds is 1. The molecule has 96 valence electrons. The van der Waals surface area contributed by atoms with E-state index in [4.69, 9.17) is 4.98 Å². The largest absolute Gasteiger partial charge is 0.326 e. The highest BCUT2D eigenvalue weighted by Gasteiger charge is 2.12. The first kappa shape index (κ1) is 11.2. The van der Waals surface area contributed by atoms with Gasteiger partial charge in [-0.2, -0.15) is 0 Å². The monoisotopic (exact) mass is 259 g/mol. The number of para-hydroxylation sites is 2. The Morgan fingerprint density at radius 3 is 2.60 bits per heavy atom. The number of aryl methyl sites for hydroxylation is 1. The van der Waals surface area contributed by atoms with Crippen molar-refractivity contribution in [3.63, 3.8) is 0 Å². The first-order valence-corrected chi connectivity index (χ1v) is 6.60. The van der Waals surface area contributed by atoms with Gasteiger partial charge < -0.3 is 4.57 Å². The molecule has 0 aliphatic rings. The van der Waals surface area contributed by atoms with E-state index in [1.54, 1.807) is 0 Å². The summed E-state index contributed by atoms with van der Waals surface area (Å²) >= 11 is 0. The van der Waals surface area contributed by atoms with Crippen molar-refractivity contribution in [2.45, 2.75) is 0 Å². The highest BCUT2D eigenvalue weighted by atomic mass is 15.1. The van der Waals surface area contributed by atoms with Crippen molar-refractivity contribution in [2.24, 2.45) is 7.05 Å². The minimum Gasteiger partial charge on any atom is -0.326 e. The molecule has 0 N–H and O–H groups in total. The summed E-state index contributed by atoms with van der Waals surface area (Å²) in [7, 11) is 2.04. The second kappa shape index (κ2) is 4.17. The summed E-state index contributed by atoms with van der Waals surface area (Å²) in [5.74, 6) is 0.906. The van der Waals surface area contributed by atoms with Gasteiger partial charge >= 0.3 is 0 Å². The van der Waals surface area contributed by atoms with Crippen LogP contribution in [0.3, 0.4) is 0 Å². The molecule has 4 aromatic rings. The van der Waals surface area contributed by atoms with Crippen LogP contribution in [0, 0.1) is 0 Å². The topological polar surface area (TPSA) is 30.7 Å². The van der Waals surface area contributed by atoms with Gasteiger partial charge in [0.25, 0.3) is 0 Å². The molecule has 20 heavy (non-hydrogen) atoms. The molecule has 0 spiro atoms. The average molecular weight is 259 g/mol. The average Bonchev–Trinajstić information content (AvgIpc) is 2.84. The number of hydrogen-bond acceptors (Lipinski definition) is 2. The van der Waals surface area contributed by atoms with Crippen molar-refractivity contribution in [3.8, 4) is 11.5 Å². The highest BCUT2D eigenvalue weighted by molar-refractivity contribution is 5.94. The van der Waals surface area contributed by atoms with Gasteiger partial charge in [-0.1, -0.05) is 36.4 Å². The zero-order valence-corrected chi connectivity index (χ0v) is 11.1. The van der Waals surface area contributed by atoms with Crippen molar-refractivity contribution in [2.75, 3.05) is 0 Å². The van der Waals surface area contributed by atoms with E-state index in [1.807, 2.05) is 49.6 Å². The fourth-order valence-electron chi connectivity index (χ4n) is 2.66. The summed E-state index contributed by atoms with van der Waals surface area (Å²) in [5, 5.41) is 2.32. The lowest BCUT2D eigenvalue weighted by molar-refractivity contribution is 0.953. The first-order valence-electron chi connectivity index (χ1n) is 6.60. The van der Waals surface area contributed by atoms with Crippen molar-refractivity contribution >= 4 is 21.8 Å². The Hall–Kier alpha value is -2.68. The number of imidazole rings is 1. The molecule has 0 saturated carbocycles. The van der Waals surface area contributed by atoms with Crippen LogP contribution in [0.2, 0.25) is 0 Å². The Morgan fingerprint density at radius 2 is 1.70 bits per heavy atom. The van der Waals surface area contributed by atoms with Crippen molar-refractivity contribution in [1.82, 2.24) is 14.5 Å². The van der Waals surface area contributed by atoms with Crippen LogP contribution in [0.4, 0.5) is 0 Å². The van der Waals surface area contributed by atoms with E-state index in [-0.39, 0.29) is 0 Å². The van der Waals surface area contributed by atoms with Crippen LogP contribution in [0.5, 0.6) is 0 Å².